The highest BCUT2D eigenvalue weighted by Gasteiger charge is 2.16. The van der Waals surface area contributed by atoms with Crippen molar-refractivity contribution in [1.82, 2.24) is 0 Å². The van der Waals surface area contributed by atoms with Gasteiger partial charge in [-0.05, 0) is 18.9 Å². The molecule has 0 aliphatic rings. The Labute approximate surface area is 109 Å². The summed E-state index contributed by atoms with van der Waals surface area (Å²) in [4.78, 5) is 0. The van der Waals surface area contributed by atoms with Gasteiger partial charge in [-0.2, -0.15) is 0 Å². The first kappa shape index (κ1) is 14.6. The highest BCUT2D eigenvalue weighted by molar-refractivity contribution is 5.50. The third-order valence-corrected chi connectivity index (χ3v) is 3.22. The quantitative estimate of drug-likeness (QED) is 0.809. The third-order valence-electron chi connectivity index (χ3n) is 3.22. The van der Waals surface area contributed by atoms with Gasteiger partial charge in [0.25, 0.3) is 0 Å². The molecule has 0 bridgehead atoms. The van der Waals surface area contributed by atoms with Gasteiger partial charge in [0.05, 0.1) is 21.3 Å². The smallest absolute Gasteiger partial charge is 0.129 e. The van der Waals surface area contributed by atoms with Crippen LogP contribution in [-0.2, 0) is 6.42 Å². The molecule has 0 saturated carbocycles. The molecule has 2 N–H and O–H groups in total. The van der Waals surface area contributed by atoms with Crippen LogP contribution in [-0.4, -0.2) is 27.9 Å². The van der Waals surface area contributed by atoms with E-state index in [2.05, 4.69) is 6.92 Å². The van der Waals surface area contributed by atoms with Crippen LogP contribution in [0.25, 0.3) is 0 Å². The Kier molecular flexibility index (Phi) is 5.78. The zero-order valence-corrected chi connectivity index (χ0v) is 11.7. The van der Waals surface area contributed by atoms with Gasteiger partial charge in [-0.1, -0.05) is 13.3 Å². The van der Waals surface area contributed by atoms with Gasteiger partial charge in [0.15, 0.2) is 0 Å². The summed E-state index contributed by atoms with van der Waals surface area (Å²) < 4.78 is 16.1. The summed E-state index contributed by atoms with van der Waals surface area (Å²) in [6.07, 6.45) is 1.89. The standard InChI is InChI=1S/C14H23NO3/c1-5-10(9-15)6-12-13(17-3)7-11(16-2)8-14(12)18-4/h7-8,10H,5-6,9,15H2,1-4H3. The molecule has 102 valence electrons. The number of hydrogen-bond acceptors (Lipinski definition) is 4. The molecular weight excluding hydrogens is 230 g/mol. The van der Waals surface area contributed by atoms with Gasteiger partial charge >= 0.3 is 0 Å². The lowest BCUT2D eigenvalue weighted by molar-refractivity contribution is 0.362. The minimum absolute atomic E-state index is 0.432. The molecule has 0 aromatic heterocycles. The second-order valence-electron chi connectivity index (χ2n) is 4.22. The van der Waals surface area contributed by atoms with Gasteiger partial charge in [0.2, 0.25) is 0 Å². The molecule has 1 atom stereocenters. The average Bonchev–Trinajstić information content (AvgIpc) is 2.43. The molecule has 4 nitrogen and oxygen atoms in total. The first-order valence-electron chi connectivity index (χ1n) is 6.19. The Morgan fingerprint density at radius 1 is 1.06 bits per heavy atom. The maximum absolute atomic E-state index is 5.76. The lowest BCUT2D eigenvalue weighted by Crippen LogP contribution is -2.16. The van der Waals surface area contributed by atoms with Crippen molar-refractivity contribution in [3.05, 3.63) is 17.7 Å². The van der Waals surface area contributed by atoms with E-state index in [0.717, 1.165) is 35.7 Å². The predicted molar refractivity (Wildman–Crippen MR) is 72.6 cm³/mol. The number of benzene rings is 1. The second-order valence-corrected chi connectivity index (χ2v) is 4.22. The van der Waals surface area contributed by atoms with Crippen LogP contribution in [0.4, 0.5) is 0 Å². The number of hydrogen-bond donors (Lipinski definition) is 1. The van der Waals surface area contributed by atoms with Crippen LogP contribution < -0.4 is 19.9 Å². The summed E-state index contributed by atoms with van der Waals surface area (Å²) in [5, 5.41) is 0. The van der Waals surface area contributed by atoms with Gasteiger partial charge in [-0.25, -0.2) is 0 Å². The van der Waals surface area contributed by atoms with Crippen LogP contribution in [0.2, 0.25) is 0 Å². The minimum Gasteiger partial charge on any atom is -0.496 e. The topological polar surface area (TPSA) is 53.7 Å². The van der Waals surface area contributed by atoms with E-state index in [0.29, 0.717) is 12.5 Å². The molecule has 0 fully saturated rings. The van der Waals surface area contributed by atoms with Crippen molar-refractivity contribution in [2.75, 3.05) is 27.9 Å². The fourth-order valence-electron chi connectivity index (χ4n) is 1.96. The summed E-state index contributed by atoms with van der Waals surface area (Å²) >= 11 is 0. The molecule has 18 heavy (non-hydrogen) atoms. The van der Waals surface area contributed by atoms with Crippen LogP contribution >= 0.6 is 0 Å². The Morgan fingerprint density at radius 3 is 1.94 bits per heavy atom. The minimum atomic E-state index is 0.432. The van der Waals surface area contributed by atoms with Crippen molar-refractivity contribution in [2.45, 2.75) is 19.8 Å². The Morgan fingerprint density at radius 2 is 1.61 bits per heavy atom. The van der Waals surface area contributed by atoms with E-state index < -0.39 is 0 Å². The maximum Gasteiger partial charge on any atom is 0.129 e. The summed E-state index contributed by atoms with van der Waals surface area (Å²) in [6.45, 7) is 2.80. The third kappa shape index (κ3) is 3.29. The second kappa shape index (κ2) is 7.11. The van der Waals surface area contributed by atoms with E-state index in [1.165, 1.54) is 0 Å². The number of ether oxygens (including phenoxy) is 3. The molecule has 1 aromatic carbocycles. The van der Waals surface area contributed by atoms with E-state index >= 15 is 0 Å². The molecular formula is C14H23NO3. The van der Waals surface area contributed by atoms with Crippen molar-refractivity contribution in [3.8, 4) is 17.2 Å². The van der Waals surface area contributed by atoms with E-state index in [1.807, 2.05) is 12.1 Å². The van der Waals surface area contributed by atoms with Crippen molar-refractivity contribution in [1.29, 1.82) is 0 Å². The highest BCUT2D eigenvalue weighted by atomic mass is 16.5. The molecule has 4 heteroatoms. The number of rotatable bonds is 7. The fraction of sp³-hybridized carbons (Fsp3) is 0.571. The lowest BCUT2D eigenvalue weighted by Gasteiger charge is -2.18. The SMILES string of the molecule is CCC(CN)Cc1c(OC)cc(OC)cc1OC. The van der Waals surface area contributed by atoms with Gasteiger partial charge < -0.3 is 19.9 Å². The summed E-state index contributed by atoms with van der Waals surface area (Å²) in [5.74, 6) is 2.74. The highest BCUT2D eigenvalue weighted by Crippen LogP contribution is 2.35. The average molecular weight is 253 g/mol. The number of nitrogens with two attached hydrogens (primary N) is 1. The first-order valence-corrected chi connectivity index (χ1v) is 6.19. The molecule has 0 saturated heterocycles. The molecule has 0 radical (unpaired) electrons. The van der Waals surface area contributed by atoms with Crippen LogP contribution in [0.3, 0.4) is 0 Å². The summed E-state index contributed by atoms with van der Waals surface area (Å²) in [6, 6.07) is 3.75. The van der Waals surface area contributed by atoms with E-state index in [-0.39, 0.29) is 0 Å². The van der Waals surface area contributed by atoms with Crippen LogP contribution in [0.1, 0.15) is 18.9 Å². The Bertz CT molecular complexity index is 350. The van der Waals surface area contributed by atoms with Gasteiger partial charge in [0, 0.05) is 17.7 Å². The normalized spacial score (nSPS) is 12.1. The Balaban J connectivity index is 3.13. The molecule has 1 aromatic rings. The van der Waals surface area contributed by atoms with Crippen LogP contribution in [0, 0.1) is 5.92 Å². The molecule has 0 aliphatic heterocycles. The van der Waals surface area contributed by atoms with E-state index in [9.17, 15) is 0 Å². The molecule has 0 spiro atoms. The van der Waals surface area contributed by atoms with Crippen LogP contribution in [0.5, 0.6) is 17.2 Å². The van der Waals surface area contributed by atoms with Crippen molar-refractivity contribution in [3.63, 3.8) is 0 Å². The van der Waals surface area contributed by atoms with E-state index in [1.54, 1.807) is 21.3 Å². The predicted octanol–water partition coefficient (Wildman–Crippen LogP) is 2.24. The Hall–Kier alpha value is -1.42. The van der Waals surface area contributed by atoms with Gasteiger partial charge in [-0.15, -0.1) is 0 Å². The molecule has 0 aliphatic carbocycles. The first-order chi connectivity index (χ1) is 8.69. The van der Waals surface area contributed by atoms with Crippen LogP contribution in [0.15, 0.2) is 12.1 Å². The lowest BCUT2D eigenvalue weighted by atomic mass is 9.95. The molecule has 1 unspecified atom stereocenters. The maximum atomic E-state index is 5.76. The molecule has 1 rings (SSSR count). The van der Waals surface area contributed by atoms with Gasteiger partial charge in [0.1, 0.15) is 17.2 Å². The van der Waals surface area contributed by atoms with Crippen molar-refractivity contribution in [2.24, 2.45) is 11.7 Å². The van der Waals surface area contributed by atoms with E-state index in [4.69, 9.17) is 19.9 Å². The monoisotopic (exact) mass is 253 g/mol. The van der Waals surface area contributed by atoms with Gasteiger partial charge in [-0.3, -0.25) is 0 Å². The molecule has 0 amide bonds. The molecule has 0 heterocycles. The van der Waals surface area contributed by atoms with Crippen molar-refractivity contribution < 1.29 is 14.2 Å². The zero-order valence-electron chi connectivity index (χ0n) is 11.7. The summed E-state index contributed by atoms with van der Waals surface area (Å²) in [5.41, 5.74) is 6.82. The largest absolute Gasteiger partial charge is 0.496 e. The fourth-order valence-corrected chi connectivity index (χ4v) is 1.96. The van der Waals surface area contributed by atoms with Crippen molar-refractivity contribution >= 4 is 0 Å². The zero-order chi connectivity index (χ0) is 13.5. The summed E-state index contributed by atoms with van der Waals surface area (Å²) in [7, 11) is 4.94. The number of methoxy groups -OCH3 is 3.